The first-order valence-electron chi connectivity index (χ1n) is 5.10. The molecule has 0 atom stereocenters. The molecule has 0 aliphatic heterocycles. The summed E-state index contributed by atoms with van der Waals surface area (Å²) in [6.45, 7) is 0. The molecule has 17 heavy (non-hydrogen) atoms. The van der Waals surface area contributed by atoms with E-state index in [-0.39, 0.29) is 0 Å². The molecule has 2 heterocycles. The van der Waals surface area contributed by atoms with Gasteiger partial charge >= 0.3 is 0 Å². The molecule has 0 unspecified atom stereocenters. The van der Waals surface area contributed by atoms with E-state index in [2.05, 4.69) is 33.4 Å². The number of fused-ring (bicyclic) bond motifs is 1. The number of thioether (sulfide) groups is 1. The topological polar surface area (TPSA) is 67.6 Å². The van der Waals surface area contributed by atoms with Crippen LogP contribution in [0.2, 0.25) is 0 Å². The van der Waals surface area contributed by atoms with E-state index in [0.29, 0.717) is 5.13 Å². The van der Waals surface area contributed by atoms with Gasteiger partial charge in [0.1, 0.15) is 5.01 Å². The Morgan fingerprint density at radius 3 is 2.94 bits per heavy atom. The summed E-state index contributed by atoms with van der Waals surface area (Å²) in [5, 5.41) is 11.6. The van der Waals surface area contributed by atoms with Gasteiger partial charge in [-0.25, -0.2) is 0 Å². The minimum Gasteiger partial charge on any atom is -0.374 e. The quantitative estimate of drug-likeness (QED) is 0.712. The number of nitrogens with one attached hydrogen (secondary N) is 1. The fourth-order valence-electron chi connectivity index (χ4n) is 1.59. The summed E-state index contributed by atoms with van der Waals surface area (Å²) >= 11 is 3.14. The highest BCUT2D eigenvalue weighted by atomic mass is 32.2. The number of benzene rings is 1. The summed E-state index contributed by atoms with van der Waals surface area (Å²) in [6, 6.07) is 10.4. The third-order valence-corrected chi connectivity index (χ3v) is 4.22. The molecule has 0 saturated heterocycles. The van der Waals surface area contributed by atoms with Gasteiger partial charge in [-0.15, -0.1) is 22.0 Å². The van der Waals surface area contributed by atoms with E-state index in [0.717, 1.165) is 21.3 Å². The molecule has 3 rings (SSSR count). The van der Waals surface area contributed by atoms with Crippen molar-refractivity contribution in [3.05, 3.63) is 35.3 Å². The Labute approximate surface area is 106 Å². The van der Waals surface area contributed by atoms with Crippen LogP contribution in [0.25, 0.3) is 10.9 Å². The van der Waals surface area contributed by atoms with E-state index in [1.54, 1.807) is 11.8 Å². The molecule has 0 spiro atoms. The van der Waals surface area contributed by atoms with Crippen LogP contribution in [0.4, 0.5) is 5.13 Å². The second-order valence-electron chi connectivity index (χ2n) is 3.54. The Morgan fingerprint density at radius 2 is 2.18 bits per heavy atom. The highest BCUT2D eigenvalue weighted by molar-refractivity contribution is 7.98. The Bertz CT molecular complexity index is 611. The lowest BCUT2D eigenvalue weighted by Crippen LogP contribution is -1.81. The van der Waals surface area contributed by atoms with Crippen molar-refractivity contribution in [3.63, 3.8) is 0 Å². The van der Waals surface area contributed by atoms with Crippen LogP contribution in [-0.2, 0) is 5.75 Å². The Balaban J connectivity index is 1.76. The Morgan fingerprint density at radius 1 is 1.29 bits per heavy atom. The molecule has 1 aromatic carbocycles. The summed E-state index contributed by atoms with van der Waals surface area (Å²) in [7, 11) is 0. The lowest BCUT2D eigenvalue weighted by Gasteiger charge is -1.92. The Kier molecular flexibility index (Phi) is 2.74. The molecule has 0 bridgehead atoms. The number of hydrogen-bond acceptors (Lipinski definition) is 5. The van der Waals surface area contributed by atoms with Crippen LogP contribution in [0.3, 0.4) is 0 Å². The van der Waals surface area contributed by atoms with Gasteiger partial charge in [0.25, 0.3) is 0 Å². The van der Waals surface area contributed by atoms with Crippen molar-refractivity contribution in [3.8, 4) is 0 Å². The number of anilines is 1. The van der Waals surface area contributed by atoms with E-state index in [1.165, 1.54) is 16.7 Å². The summed E-state index contributed by atoms with van der Waals surface area (Å²) in [6.07, 6.45) is 0. The smallest absolute Gasteiger partial charge is 0.203 e. The highest BCUT2D eigenvalue weighted by Crippen LogP contribution is 2.27. The van der Waals surface area contributed by atoms with E-state index < -0.39 is 0 Å². The first-order chi connectivity index (χ1) is 8.31. The number of nitrogens with two attached hydrogens (primary N) is 1. The minimum absolute atomic E-state index is 0.525. The van der Waals surface area contributed by atoms with Crippen LogP contribution in [0, 0.1) is 0 Å². The molecule has 0 aliphatic rings. The van der Waals surface area contributed by atoms with Crippen LogP contribution >= 0.6 is 23.1 Å². The molecule has 4 nitrogen and oxygen atoms in total. The van der Waals surface area contributed by atoms with Gasteiger partial charge in [0.2, 0.25) is 5.13 Å². The number of H-pyrrole nitrogens is 1. The second kappa shape index (κ2) is 4.38. The van der Waals surface area contributed by atoms with Crippen molar-refractivity contribution in [2.75, 3.05) is 5.73 Å². The lowest BCUT2D eigenvalue weighted by atomic mass is 10.3. The molecule has 3 aromatic rings. The number of nitrogens with zero attached hydrogens (tertiary/aromatic N) is 2. The summed E-state index contributed by atoms with van der Waals surface area (Å²) in [4.78, 5) is 3.36. The number of hydrogen-bond donors (Lipinski definition) is 2. The van der Waals surface area contributed by atoms with E-state index in [9.17, 15) is 0 Å². The maximum Gasteiger partial charge on any atom is 0.203 e. The maximum atomic E-state index is 5.54. The zero-order chi connectivity index (χ0) is 11.7. The molecule has 3 N–H and O–H groups in total. The molecule has 0 aliphatic carbocycles. The number of nitrogen functional groups attached to an aromatic ring is 1. The van der Waals surface area contributed by atoms with Crippen molar-refractivity contribution >= 4 is 39.1 Å². The first kappa shape index (κ1) is 10.6. The molecule has 0 saturated carbocycles. The van der Waals surface area contributed by atoms with Crippen molar-refractivity contribution < 1.29 is 0 Å². The molecular formula is C11H10N4S2. The van der Waals surface area contributed by atoms with Gasteiger partial charge < -0.3 is 10.7 Å². The second-order valence-corrected chi connectivity index (χ2v) is 5.65. The van der Waals surface area contributed by atoms with Crippen molar-refractivity contribution in [2.45, 2.75) is 10.8 Å². The molecule has 6 heteroatoms. The third kappa shape index (κ3) is 2.27. The lowest BCUT2D eigenvalue weighted by molar-refractivity contribution is 1.04. The van der Waals surface area contributed by atoms with Crippen molar-refractivity contribution in [1.82, 2.24) is 15.2 Å². The summed E-state index contributed by atoms with van der Waals surface area (Å²) < 4.78 is 0. The molecule has 0 radical (unpaired) electrons. The number of rotatable bonds is 3. The zero-order valence-corrected chi connectivity index (χ0v) is 10.5. The average molecular weight is 262 g/mol. The molecule has 86 valence electrons. The van der Waals surface area contributed by atoms with Gasteiger partial charge in [0, 0.05) is 10.9 Å². The van der Waals surface area contributed by atoms with E-state index in [4.69, 9.17) is 5.73 Å². The molecule has 0 fully saturated rings. The van der Waals surface area contributed by atoms with Crippen LogP contribution in [-0.4, -0.2) is 15.2 Å². The van der Waals surface area contributed by atoms with Gasteiger partial charge in [0.15, 0.2) is 0 Å². The fraction of sp³-hybridized carbons (Fsp3) is 0.0909. The van der Waals surface area contributed by atoms with E-state index in [1.807, 2.05) is 12.1 Å². The molecule has 0 amide bonds. The van der Waals surface area contributed by atoms with Gasteiger partial charge in [-0.1, -0.05) is 29.5 Å². The van der Waals surface area contributed by atoms with Crippen LogP contribution in [0.1, 0.15) is 5.01 Å². The fourth-order valence-corrected chi connectivity index (χ4v) is 3.14. The van der Waals surface area contributed by atoms with Crippen molar-refractivity contribution in [1.29, 1.82) is 0 Å². The number of aromatic nitrogens is 3. The van der Waals surface area contributed by atoms with Gasteiger partial charge in [-0.2, -0.15) is 0 Å². The largest absolute Gasteiger partial charge is 0.374 e. The Hall–Kier alpha value is -1.53. The van der Waals surface area contributed by atoms with Gasteiger partial charge in [-0.05, 0) is 12.1 Å². The van der Waals surface area contributed by atoms with Gasteiger partial charge in [0.05, 0.1) is 10.8 Å². The van der Waals surface area contributed by atoms with Gasteiger partial charge in [-0.3, -0.25) is 0 Å². The number of para-hydroxylation sites is 1. The normalized spacial score (nSPS) is 11.1. The first-order valence-corrected chi connectivity index (χ1v) is 6.90. The molecule has 2 aromatic heterocycles. The monoisotopic (exact) mass is 262 g/mol. The molecular weight excluding hydrogens is 252 g/mol. The standard InChI is InChI=1S/C11H10N4S2/c12-11-15-14-10(17-11)6-16-9-5-7-3-1-2-4-8(7)13-9/h1-5,13H,6H2,(H2,12,15). The number of aromatic amines is 1. The van der Waals surface area contributed by atoms with Crippen LogP contribution in [0.15, 0.2) is 35.4 Å². The maximum absolute atomic E-state index is 5.54. The summed E-state index contributed by atoms with van der Waals surface area (Å²) in [5.74, 6) is 0.793. The van der Waals surface area contributed by atoms with Crippen LogP contribution in [0.5, 0.6) is 0 Å². The average Bonchev–Trinajstić information content (AvgIpc) is 2.91. The van der Waals surface area contributed by atoms with Crippen molar-refractivity contribution in [2.24, 2.45) is 0 Å². The SMILES string of the molecule is Nc1nnc(CSc2cc3ccccc3[nH]2)s1. The minimum atomic E-state index is 0.525. The third-order valence-electron chi connectivity index (χ3n) is 2.34. The summed E-state index contributed by atoms with van der Waals surface area (Å²) in [5.41, 5.74) is 6.70. The predicted octanol–water partition coefficient (Wildman–Crippen LogP) is 2.89. The highest BCUT2D eigenvalue weighted by Gasteiger charge is 2.04. The van der Waals surface area contributed by atoms with Crippen LogP contribution < -0.4 is 5.73 Å². The predicted molar refractivity (Wildman–Crippen MR) is 72.2 cm³/mol. The van der Waals surface area contributed by atoms with E-state index >= 15 is 0 Å². The zero-order valence-electron chi connectivity index (χ0n) is 8.88.